The predicted molar refractivity (Wildman–Crippen MR) is 350 cm³/mol. The first kappa shape index (κ1) is 73.7. The lowest BCUT2D eigenvalue weighted by Crippen LogP contribution is -2.29. The number of aromatic nitrogens is 8. The van der Waals surface area contributed by atoms with E-state index in [0.717, 1.165) is 99.2 Å². The van der Waals surface area contributed by atoms with Crippen LogP contribution in [0, 0.1) is 10.1 Å². The summed E-state index contributed by atoms with van der Waals surface area (Å²) in [6, 6.07) is 22.4. The van der Waals surface area contributed by atoms with E-state index in [1.165, 1.54) is 12.1 Å². The average Bonchev–Trinajstić information content (AvgIpc) is 1.97. The number of fused-ring (bicyclic) bond motifs is 4. The van der Waals surface area contributed by atoms with Crippen LogP contribution < -0.4 is 15.5 Å². The molecule has 0 aliphatic heterocycles. The second kappa shape index (κ2) is 37.9. The molecule has 0 aliphatic rings. The molecule has 0 fully saturated rings. The van der Waals surface area contributed by atoms with Gasteiger partial charge in [-0.3, -0.25) is 29.3 Å². The zero-order chi connectivity index (χ0) is 64.3. The number of hydrogen-bond donors (Lipinski definition) is 4. The molecule has 0 spiro atoms. The maximum Gasteiger partial charge on any atom is 0.305 e. The fraction of sp³-hybridized carbons (Fsp3) is 0.484. The molecule has 27 heteroatoms. The van der Waals surface area contributed by atoms with Gasteiger partial charge < -0.3 is 63.3 Å². The van der Waals surface area contributed by atoms with E-state index in [9.17, 15) is 39.5 Å². The first-order valence-corrected chi connectivity index (χ1v) is 30.6. The van der Waals surface area contributed by atoms with Gasteiger partial charge in [-0.1, -0.05) is 0 Å². The number of anilines is 3. The van der Waals surface area contributed by atoms with Gasteiger partial charge in [0.2, 0.25) is 0 Å². The van der Waals surface area contributed by atoms with Gasteiger partial charge in [0.1, 0.15) is 23.3 Å². The zero-order valence-electron chi connectivity index (χ0n) is 51.9. The van der Waals surface area contributed by atoms with E-state index in [0.29, 0.717) is 114 Å². The number of non-ortho nitro benzene ring substituents is 1. The van der Waals surface area contributed by atoms with Gasteiger partial charge in [-0.05, 0) is 107 Å². The van der Waals surface area contributed by atoms with E-state index in [1.807, 2.05) is 113 Å². The van der Waals surface area contributed by atoms with Crippen LogP contribution in [0.5, 0.6) is 0 Å². The van der Waals surface area contributed by atoms with E-state index in [-0.39, 0.29) is 55.6 Å². The summed E-state index contributed by atoms with van der Waals surface area (Å²) in [5, 5.41) is 37.9. The lowest BCUT2D eigenvalue weighted by Gasteiger charge is -2.22. The number of imidazole rings is 4. The molecule has 0 radical (unpaired) electrons. The summed E-state index contributed by atoms with van der Waals surface area (Å²) >= 11 is 11.7. The van der Waals surface area contributed by atoms with Crippen LogP contribution in [0.1, 0.15) is 95.4 Å². The number of nitrogens with two attached hydrogens (primary N) is 1. The first-order chi connectivity index (χ1) is 42.3. The van der Waals surface area contributed by atoms with Crippen molar-refractivity contribution in [1.82, 2.24) is 38.2 Å². The summed E-state index contributed by atoms with van der Waals surface area (Å²) in [5.74, 6) is 3.36. The van der Waals surface area contributed by atoms with Crippen molar-refractivity contribution in [2.45, 2.75) is 97.8 Å². The third-order valence-electron chi connectivity index (χ3n) is 14.3. The number of aryl methyl sites for hydroxylation is 8. The van der Waals surface area contributed by atoms with Gasteiger partial charge in [-0.15, -0.1) is 35.6 Å². The van der Waals surface area contributed by atoms with E-state index in [2.05, 4.69) is 24.8 Å². The maximum absolute atomic E-state index is 11.4. The number of esters is 3. The predicted octanol–water partition coefficient (Wildman–Crippen LogP) is 9.35. The van der Waals surface area contributed by atoms with E-state index in [4.69, 9.17) is 48.3 Å². The lowest BCUT2D eigenvalue weighted by molar-refractivity contribution is -0.384. The second-order valence-electron chi connectivity index (χ2n) is 20.4. The highest BCUT2D eigenvalue weighted by Gasteiger charge is 2.17. The first-order valence-electron chi connectivity index (χ1n) is 29.5. The smallest absolute Gasteiger partial charge is 0.305 e. The molecule has 0 saturated heterocycles. The Labute approximate surface area is 534 Å². The van der Waals surface area contributed by atoms with Crippen LogP contribution in [-0.4, -0.2) is 153 Å². The number of carboxylic acids is 1. The summed E-state index contributed by atoms with van der Waals surface area (Å²) in [7, 11) is 7.76. The molecule has 4 heterocycles. The zero-order valence-corrected chi connectivity index (χ0v) is 54.2. The molecule has 8 aromatic rings. The molecule has 0 saturated carbocycles. The number of aliphatic carboxylic acids is 1. The largest absolute Gasteiger partial charge is 0.481 e. The number of aliphatic hydroxyl groups is 2. The summed E-state index contributed by atoms with van der Waals surface area (Å²) in [4.78, 5) is 77.3. The number of rotatable bonds is 30. The van der Waals surface area contributed by atoms with Gasteiger partial charge in [0.25, 0.3) is 5.69 Å². The summed E-state index contributed by atoms with van der Waals surface area (Å²) in [6.07, 6.45) is 6.72. The van der Waals surface area contributed by atoms with E-state index >= 15 is 0 Å². The molecule has 0 atom stereocenters. The molecule has 24 nitrogen and oxygen atoms in total. The maximum atomic E-state index is 11.4. The molecule has 0 aliphatic carbocycles. The summed E-state index contributed by atoms with van der Waals surface area (Å²) < 4.78 is 22.7. The molecule has 0 bridgehead atoms. The highest BCUT2D eigenvalue weighted by atomic mass is 35.5. The van der Waals surface area contributed by atoms with Gasteiger partial charge in [0.05, 0.1) is 82.1 Å². The van der Waals surface area contributed by atoms with Crippen molar-refractivity contribution < 1.29 is 53.6 Å². The Balaban J connectivity index is 0.000000254. The lowest BCUT2D eigenvalue weighted by atomic mass is 10.2. The van der Waals surface area contributed by atoms with Gasteiger partial charge in [0.15, 0.2) is 0 Å². The molecule has 0 amide bonds. The molecule has 486 valence electrons. The van der Waals surface area contributed by atoms with Crippen molar-refractivity contribution >= 4 is 126 Å². The number of hydrogen-bond acceptors (Lipinski definition) is 18. The third kappa shape index (κ3) is 22.0. The Morgan fingerprint density at radius 2 is 0.854 bits per heavy atom. The van der Waals surface area contributed by atoms with E-state index < -0.39 is 10.9 Å². The Kier molecular flexibility index (Phi) is 31.4. The minimum Gasteiger partial charge on any atom is -0.481 e. The molecule has 89 heavy (non-hydrogen) atoms. The van der Waals surface area contributed by atoms with Gasteiger partial charge >= 0.3 is 23.9 Å². The highest BCUT2D eigenvalue weighted by molar-refractivity contribution is 6.18. The minimum atomic E-state index is -0.774. The number of halogens is 3. The van der Waals surface area contributed by atoms with Crippen molar-refractivity contribution in [1.29, 1.82) is 0 Å². The molecular weight excluding hydrogens is 1210 g/mol. The molecule has 0 unspecified atom stereocenters. The Morgan fingerprint density at radius 3 is 1.19 bits per heavy atom. The number of aliphatic hydroxyl groups excluding tert-OH is 2. The van der Waals surface area contributed by atoms with E-state index in [1.54, 1.807) is 19.9 Å². The number of nitro groups is 1. The van der Waals surface area contributed by atoms with Crippen LogP contribution in [0.4, 0.5) is 22.7 Å². The molecule has 4 aromatic heterocycles. The fourth-order valence-electron chi connectivity index (χ4n) is 9.84. The highest BCUT2D eigenvalue weighted by Crippen LogP contribution is 2.27. The van der Waals surface area contributed by atoms with Crippen molar-refractivity contribution in [2.75, 3.05) is 86.5 Å². The topological polar surface area (TPSA) is 304 Å². The number of ether oxygens (including phenoxy) is 3. The minimum absolute atomic E-state index is 0. The standard InChI is InChI=1S/C18H27N3O4.C16H21Cl2N3O2.C14H17N3O4.C14H19N3O2.ClH/c1-3-25-18(24)6-4-5-17-19-15-13-14(7-8-16(15)20(17)2)21(9-11-22)10-12-23;1-20-14-6-5-12(21(9-7-17)10-8-18)11-13(14)19-15(20)3-2-4-16(22)23;1-3-21-14(18)6-4-5-13-15-11-9-10(17(19)20)7-8-12(11)16(13)2;1-3-19-14(18)6-4-5-13-16-11-9-10(15)7-8-12(11)17(13)2;/h7-8,13,22-23H,3-6,9-12H2,1-2H3;5-6,11H,2-4,7-10H2,1H3,(H,22,23);7-9H,3-6H2,1-2H3;7-9H,3-6,15H2,1-2H3;1H. The summed E-state index contributed by atoms with van der Waals surface area (Å²) in [5.41, 5.74) is 15.7. The molecular formula is C62H85Cl3N12O12. The quantitative estimate of drug-likeness (QED) is 0.00813. The van der Waals surface area contributed by atoms with Crippen LogP contribution in [-0.2, 0) is 87.3 Å². The SMILES string of the molecule is CCOC(=O)CCCc1nc2cc(N(CCO)CCO)ccc2n1C.CCOC(=O)CCCc1nc2cc(N)ccc2n1C.CCOC(=O)CCCc1nc2cc([N+](=O)[O-])ccc2n1C.Cl.Cn1c(CCCC(=O)O)nc2cc(N(CCCl)CCCl)ccc21. The number of nitrogens with zero attached hydrogens (tertiary/aromatic N) is 11. The van der Waals surface area contributed by atoms with Crippen molar-refractivity contribution in [3.05, 3.63) is 106 Å². The van der Waals surface area contributed by atoms with Gasteiger partial charge in [0, 0.05) is 147 Å². The van der Waals surface area contributed by atoms with Crippen LogP contribution in [0.2, 0.25) is 0 Å². The van der Waals surface area contributed by atoms with Crippen LogP contribution in [0.25, 0.3) is 44.1 Å². The van der Waals surface area contributed by atoms with Gasteiger partial charge in [-0.2, -0.15) is 0 Å². The number of carbonyl (C=O) groups is 4. The van der Waals surface area contributed by atoms with Crippen LogP contribution >= 0.6 is 35.6 Å². The Bertz CT molecular complexity index is 3560. The monoisotopic (exact) mass is 1290 g/mol. The third-order valence-corrected chi connectivity index (χ3v) is 14.6. The fourth-order valence-corrected chi connectivity index (χ4v) is 10.2. The van der Waals surface area contributed by atoms with Crippen molar-refractivity contribution in [3.8, 4) is 0 Å². The normalized spacial score (nSPS) is 10.8. The van der Waals surface area contributed by atoms with Crippen molar-refractivity contribution in [2.24, 2.45) is 28.2 Å². The molecule has 5 N–H and O–H groups in total. The summed E-state index contributed by atoms with van der Waals surface area (Å²) in [6.45, 7) is 9.07. The van der Waals surface area contributed by atoms with Gasteiger partial charge in [-0.25, -0.2) is 19.9 Å². The number of carbonyl (C=O) groups excluding carboxylic acids is 3. The Hall–Kier alpha value is -7.77. The second-order valence-corrected chi connectivity index (χ2v) is 21.2. The number of nitro benzene ring substituents is 1. The molecule has 4 aromatic carbocycles. The number of nitrogen functional groups attached to an aromatic ring is 1. The molecule has 8 rings (SSSR count). The number of carboxylic acid groups (broad SMARTS) is 1. The van der Waals surface area contributed by atoms with Crippen LogP contribution in [0.15, 0.2) is 72.8 Å². The Morgan fingerprint density at radius 1 is 0.528 bits per heavy atom. The van der Waals surface area contributed by atoms with Crippen molar-refractivity contribution in [3.63, 3.8) is 0 Å². The number of benzene rings is 4. The van der Waals surface area contributed by atoms with Crippen LogP contribution in [0.3, 0.4) is 0 Å². The number of alkyl halides is 2. The average molecular weight is 1300 g/mol.